The van der Waals surface area contributed by atoms with Gasteiger partial charge < -0.3 is 15.7 Å². The minimum Gasteiger partial charge on any atom is -0.481 e. The molecule has 2 fully saturated rings. The second-order valence-corrected chi connectivity index (χ2v) is 5.36. The first-order valence-electron chi connectivity index (χ1n) is 6.46. The highest BCUT2D eigenvalue weighted by molar-refractivity contribution is 5.73. The van der Waals surface area contributed by atoms with Crippen LogP contribution in [-0.4, -0.2) is 59.6 Å². The Morgan fingerprint density at radius 2 is 2.00 bits per heavy atom. The van der Waals surface area contributed by atoms with Crippen molar-refractivity contribution < 1.29 is 14.7 Å². The van der Waals surface area contributed by atoms with E-state index in [9.17, 15) is 9.59 Å². The third kappa shape index (κ3) is 2.81. The summed E-state index contributed by atoms with van der Waals surface area (Å²) >= 11 is 0. The van der Waals surface area contributed by atoms with Crippen LogP contribution in [0.4, 0.5) is 0 Å². The molecule has 18 heavy (non-hydrogen) atoms. The Kier molecular flexibility index (Phi) is 3.87. The van der Waals surface area contributed by atoms with Crippen molar-refractivity contribution in [2.75, 3.05) is 26.2 Å². The molecule has 2 heterocycles. The van der Waals surface area contributed by atoms with Crippen LogP contribution < -0.4 is 10.6 Å². The van der Waals surface area contributed by atoms with Gasteiger partial charge in [0, 0.05) is 39.1 Å². The first-order valence-corrected chi connectivity index (χ1v) is 6.46. The molecular weight excluding hydrogens is 234 g/mol. The Morgan fingerprint density at radius 1 is 1.39 bits per heavy atom. The Morgan fingerprint density at radius 3 is 2.39 bits per heavy atom. The number of hydrogen-bond acceptors (Lipinski definition) is 4. The van der Waals surface area contributed by atoms with Gasteiger partial charge in [-0.3, -0.25) is 14.5 Å². The number of likely N-dealkylation sites (tertiary alicyclic amines) is 1. The molecule has 0 aromatic rings. The zero-order valence-corrected chi connectivity index (χ0v) is 10.7. The van der Waals surface area contributed by atoms with Crippen molar-refractivity contribution >= 4 is 11.9 Å². The first-order chi connectivity index (χ1) is 8.52. The molecule has 2 rings (SSSR count). The van der Waals surface area contributed by atoms with E-state index in [1.807, 2.05) is 0 Å². The molecule has 0 unspecified atom stereocenters. The second kappa shape index (κ2) is 5.24. The summed E-state index contributed by atoms with van der Waals surface area (Å²) in [5.74, 6) is -0.723. The maximum atomic E-state index is 11.0. The third-order valence-electron chi connectivity index (χ3n) is 3.96. The van der Waals surface area contributed by atoms with E-state index in [4.69, 9.17) is 5.11 Å². The van der Waals surface area contributed by atoms with Gasteiger partial charge in [0.15, 0.2) is 0 Å². The molecule has 2 aliphatic heterocycles. The summed E-state index contributed by atoms with van der Waals surface area (Å²) in [5, 5.41) is 15.1. The van der Waals surface area contributed by atoms with E-state index in [0.29, 0.717) is 0 Å². The molecule has 3 N–H and O–H groups in total. The van der Waals surface area contributed by atoms with Crippen LogP contribution in [0.3, 0.4) is 0 Å². The van der Waals surface area contributed by atoms with E-state index < -0.39 is 5.97 Å². The van der Waals surface area contributed by atoms with Gasteiger partial charge >= 0.3 is 5.97 Å². The van der Waals surface area contributed by atoms with Crippen LogP contribution in [0.5, 0.6) is 0 Å². The summed E-state index contributed by atoms with van der Waals surface area (Å²) < 4.78 is 0. The molecule has 102 valence electrons. The van der Waals surface area contributed by atoms with Gasteiger partial charge in [0.05, 0.1) is 12.0 Å². The molecule has 1 amide bonds. The molecule has 2 saturated heterocycles. The predicted molar refractivity (Wildman–Crippen MR) is 66.3 cm³/mol. The van der Waals surface area contributed by atoms with E-state index >= 15 is 0 Å². The number of hydrogen-bond donors (Lipinski definition) is 3. The van der Waals surface area contributed by atoms with Crippen molar-refractivity contribution in [1.82, 2.24) is 15.5 Å². The fourth-order valence-electron chi connectivity index (χ4n) is 2.94. The zero-order chi connectivity index (χ0) is 13.2. The summed E-state index contributed by atoms with van der Waals surface area (Å²) in [4.78, 5) is 24.2. The van der Waals surface area contributed by atoms with Crippen molar-refractivity contribution in [2.45, 2.75) is 37.8 Å². The molecule has 0 spiro atoms. The maximum absolute atomic E-state index is 11.0. The summed E-state index contributed by atoms with van der Waals surface area (Å²) in [5.41, 5.74) is -0.201. The number of carbonyl (C=O) groups is 2. The van der Waals surface area contributed by atoms with Gasteiger partial charge in [-0.2, -0.15) is 0 Å². The van der Waals surface area contributed by atoms with E-state index in [2.05, 4.69) is 15.5 Å². The number of nitrogens with one attached hydrogen (secondary N) is 2. The van der Waals surface area contributed by atoms with E-state index in [1.165, 1.54) is 6.92 Å². The molecule has 6 nitrogen and oxygen atoms in total. The number of carboxylic acids is 1. The van der Waals surface area contributed by atoms with Crippen molar-refractivity contribution in [1.29, 1.82) is 0 Å². The van der Waals surface area contributed by atoms with Crippen molar-refractivity contribution in [2.24, 2.45) is 0 Å². The van der Waals surface area contributed by atoms with Crippen LogP contribution in [0.1, 0.15) is 26.2 Å². The highest BCUT2D eigenvalue weighted by Gasteiger charge is 2.45. The summed E-state index contributed by atoms with van der Waals surface area (Å²) in [6, 6.07) is 0.244. The SMILES string of the molecule is CC(=O)NC1CCN(C2(CC(=O)O)CNC2)CC1. The molecule has 2 aliphatic rings. The summed E-state index contributed by atoms with van der Waals surface area (Å²) in [6.45, 7) is 4.77. The Labute approximate surface area is 107 Å². The number of rotatable bonds is 4. The topological polar surface area (TPSA) is 81.7 Å². The standard InChI is InChI=1S/C12H21N3O3/c1-9(16)14-10-2-4-15(5-3-10)12(6-11(17)18)7-13-8-12/h10,13H,2-8H2,1H3,(H,14,16)(H,17,18). The predicted octanol–water partition coefficient (Wildman–Crippen LogP) is -0.596. The lowest BCUT2D eigenvalue weighted by atomic mass is 9.84. The fourth-order valence-corrected chi connectivity index (χ4v) is 2.94. The Bertz CT molecular complexity index is 333. The van der Waals surface area contributed by atoms with Gasteiger partial charge in [-0.25, -0.2) is 0 Å². The number of carboxylic acid groups (broad SMARTS) is 1. The number of nitrogens with zero attached hydrogens (tertiary/aromatic N) is 1. The lowest BCUT2D eigenvalue weighted by Gasteiger charge is -2.52. The fraction of sp³-hybridized carbons (Fsp3) is 0.833. The second-order valence-electron chi connectivity index (χ2n) is 5.36. The number of carbonyl (C=O) groups excluding carboxylic acids is 1. The van der Waals surface area contributed by atoms with E-state index in [-0.39, 0.29) is 23.9 Å². The molecule has 0 bridgehead atoms. The number of piperidine rings is 1. The highest BCUT2D eigenvalue weighted by atomic mass is 16.4. The van der Waals surface area contributed by atoms with Crippen molar-refractivity contribution in [3.05, 3.63) is 0 Å². The van der Waals surface area contributed by atoms with Gasteiger partial charge in [-0.05, 0) is 12.8 Å². The molecule has 0 saturated carbocycles. The summed E-state index contributed by atoms with van der Waals surface area (Å²) in [6.07, 6.45) is 2.01. The molecule has 0 atom stereocenters. The third-order valence-corrected chi connectivity index (χ3v) is 3.96. The molecule has 6 heteroatoms. The Balaban J connectivity index is 1.88. The average molecular weight is 255 g/mol. The minimum absolute atomic E-state index is 0.0130. The van der Waals surface area contributed by atoms with Crippen LogP contribution in [0, 0.1) is 0 Å². The highest BCUT2D eigenvalue weighted by Crippen LogP contribution is 2.28. The molecule has 0 aliphatic carbocycles. The van der Waals surface area contributed by atoms with Crippen molar-refractivity contribution in [3.8, 4) is 0 Å². The van der Waals surface area contributed by atoms with Gasteiger partial charge in [0.2, 0.25) is 5.91 Å². The quantitative estimate of drug-likeness (QED) is 0.625. The molecule has 0 aromatic carbocycles. The first kappa shape index (κ1) is 13.3. The van der Waals surface area contributed by atoms with Gasteiger partial charge in [0.1, 0.15) is 0 Å². The normalized spacial score (nSPS) is 24.3. The molecule has 0 radical (unpaired) electrons. The van der Waals surface area contributed by atoms with Crippen molar-refractivity contribution in [3.63, 3.8) is 0 Å². The zero-order valence-electron chi connectivity index (χ0n) is 10.7. The van der Waals surface area contributed by atoms with Gasteiger partial charge in [-0.15, -0.1) is 0 Å². The average Bonchev–Trinajstić information content (AvgIpc) is 2.24. The van der Waals surface area contributed by atoms with Crippen LogP contribution >= 0.6 is 0 Å². The van der Waals surface area contributed by atoms with Crippen LogP contribution in [0.25, 0.3) is 0 Å². The largest absolute Gasteiger partial charge is 0.481 e. The number of aliphatic carboxylic acids is 1. The lowest BCUT2D eigenvalue weighted by molar-refractivity contribution is -0.142. The van der Waals surface area contributed by atoms with E-state index in [0.717, 1.165) is 39.0 Å². The van der Waals surface area contributed by atoms with Gasteiger partial charge in [0.25, 0.3) is 0 Å². The van der Waals surface area contributed by atoms with Crippen LogP contribution in [0.2, 0.25) is 0 Å². The molecule has 0 aromatic heterocycles. The van der Waals surface area contributed by atoms with Crippen LogP contribution in [-0.2, 0) is 9.59 Å². The Hall–Kier alpha value is -1.14. The van der Waals surface area contributed by atoms with E-state index in [1.54, 1.807) is 0 Å². The maximum Gasteiger partial charge on any atom is 0.305 e. The monoisotopic (exact) mass is 255 g/mol. The van der Waals surface area contributed by atoms with Crippen LogP contribution in [0.15, 0.2) is 0 Å². The smallest absolute Gasteiger partial charge is 0.305 e. The molecular formula is C12H21N3O3. The number of amides is 1. The van der Waals surface area contributed by atoms with Gasteiger partial charge in [-0.1, -0.05) is 0 Å². The minimum atomic E-state index is -0.736. The lowest BCUT2D eigenvalue weighted by Crippen LogP contribution is -2.71. The summed E-state index contributed by atoms with van der Waals surface area (Å²) in [7, 11) is 0.